The smallest absolute Gasteiger partial charge is 0.416 e. The fourth-order valence-corrected chi connectivity index (χ4v) is 2.76. The average Bonchev–Trinajstić information content (AvgIpc) is 3.46. The lowest BCUT2D eigenvalue weighted by molar-refractivity contribution is -0.755. The first-order chi connectivity index (χ1) is 16.3. The Kier molecular flexibility index (Phi) is 6.20. The fourth-order valence-electron chi connectivity index (χ4n) is 2.76. The normalized spacial score (nSPS) is 11.1. The molecule has 174 valence electrons. The number of benzene rings is 1. The summed E-state index contributed by atoms with van der Waals surface area (Å²) in [5.41, 5.74) is -1.05. The number of nitrogens with zero attached hydrogens (tertiary/aromatic N) is 5. The molecule has 2 N–H and O–H groups in total. The van der Waals surface area contributed by atoms with E-state index in [1.165, 1.54) is 16.9 Å². The molecule has 4 aromatic rings. The molecule has 0 radical (unpaired) electrons. The summed E-state index contributed by atoms with van der Waals surface area (Å²) >= 11 is 0. The van der Waals surface area contributed by atoms with Crippen molar-refractivity contribution in [2.45, 2.75) is 12.7 Å². The highest BCUT2D eigenvalue weighted by molar-refractivity contribution is 6.05. The number of halogens is 3. The van der Waals surface area contributed by atoms with Gasteiger partial charge in [-0.1, -0.05) is 11.2 Å². The van der Waals surface area contributed by atoms with Gasteiger partial charge in [-0.2, -0.15) is 13.2 Å². The number of amides is 3. The molecule has 0 fully saturated rings. The highest BCUT2D eigenvalue weighted by Crippen LogP contribution is 2.34. The minimum absolute atomic E-state index is 0.137. The number of alkyl halides is 3. The third-order valence-corrected chi connectivity index (χ3v) is 4.20. The Balaban J connectivity index is 1.45. The number of anilines is 2. The number of urea groups is 1. The standard InChI is InChI=1S/C20H14F3N7O4/c21-20(22,23)12-7-14(25-18(31)16-4-6-33-28-16)9-15(8-12)26-19(32)27-17-11-30(29-34-17)10-13-3-1-2-5-24-13/h1-9,11H,10H2,(H2-,25,26,27,29,31,32). The molecule has 0 aliphatic carbocycles. The van der Waals surface area contributed by atoms with Gasteiger partial charge < -0.3 is 25.0 Å². The molecule has 0 spiro atoms. The van der Waals surface area contributed by atoms with Crippen LogP contribution in [-0.2, 0) is 12.7 Å². The van der Waals surface area contributed by atoms with Crippen molar-refractivity contribution >= 4 is 29.2 Å². The molecular formula is C20H14F3N7O4. The number of nitrogens with one attached hydrogen (secondary N) is 2. The molecule has 0 unspecified atom stereocenters. The Morgan fingerprint density at radius 3 is 2.56 bits per heavy atom. The molecule has 0 saturated carbocycles. The molecule has 0 bridgehead atoms. The van der Waals surface area contributed by atoms with Gasteiger partial charge in [-0.25, -0.2) is 0 Å². The second-order valence-corrected chi connectivity index (χ2v) is 6.74. The van der Waals surface area contributed by atoms with Crippen LogP contribution in [0.3, 0.4) is 0 Å². The Bertz CT molecular complexity index is 1290. The summed E-state index contributed by atoms with van der Waals surface area (Å²) in [5, 5.41) is 15.2. The first kappa shape index (κ1) is 22.4. The maximum absolute atomic E-state index is 13.3. The van der Waals surface area contributed by atoms with Crippen molar-refractivity contribution in [3.05, 3.63) is 83.4 Å². The summed E-state index contributed by atoms with van der Waals surface area (Å²) in [5.74, 6) is -0.978. The van der Waals surface area contributed by atoms with Crippen LogP contribution in [0, 0.1) is 0 Å². The van der Waals surface area contributed by atoms with Crippen LogP contribution >= 0.6 is 0 Å². The minimum Gasteiger partial charge on any atom is -0.424 e. The van der Waals surface area contributed by atoms with E-state index >= 15 is 0 Å². The maximum Gasteiger partial charge on any atom is 0.416 e. The molecule has 14 heteroatoms. The van der Waals surface area contributed by atoms with Gasteiger partial charge >= 0.3 is 6.18 Å². The summed E-state index contributed by atoms with van der Waals surface area (Å²) in [4.78, 5) is 28.5. The van der Waals surface area contributed by atoms with Gasteiger partial charge in [0, 0.05) is 18.0 Å². The molecule has 3 amide bonds. The molecular weight excluding hydrogens is 459 g/mol. The number of carbonyl (C=O) groups is 2. The SMILES string of the molecule is O=C([N-]c1c[n+](Cc2ccccn2)no1)Nc1cc(NC(=O)c2ccon2)cc(C(F)(F)F)c1. The Hall–Kier alpha value is -4.75. The van der Waals surface area contributed by atoms with E-state index in [4.69, 9.17) is 4.52 Å². The molecule has 0 saturated heterocycles. The molecule has 4 rings (SSSR count). The summed E-state index contributed by atoms with van der Waals surface area (Å²) in [6.07, 6.45) is -0.679. The van der Waals surface area contributed by atoms with Gasteiger partial charge in [0.25, 0.3) is 5.91 Å². The van der Waals surface area contributed by atoms with Crippen LogP contribution in [0.25, 0.3) is 5.32 Å². The summed E-state index contributed by atoms with van der Waals surface area (Å²) in [7, 11) is 0. The highest BCUT2D eigenvalue weighted by Gasteiger charge is 2.31. The van der Waals surface area contributed by atoms with Crippen molar-refractivity contribution in [2.24, 2.45) is 0 Å². The van der Waals surface area contributed by atoms with E-state index < -0.39 is 23.7 Å². The van der Waals surface area contributed by atoms with Crippen LogP contribution in [0.4, 0.5) is 35.2 Å². The zero-order valence-corrected chi connectivity index (χ0v) is 17.0. The second kappa shape index (κ2) is 9.40. The molecule has 0 atom stereocenters. The molecule has 11 nitrogen and oxygen atoms in total. The topological polar surface area (TPSA) is 141 Å². The van der Waals surface area contributed by atoms with Gasteiger partial charge in [-0.3, -0.25) is 14.6 Å². The van der Waals surface area contributed by atoms with Crippen molar-refractivity contribution in [1.82, 2.24) is 15.4 Å². The zero-order valence-electron chi connectivity index (χ0n) is 17.0. The first-order valence-electron chi connectivity index (χ1n) is 9.49. The van der Waals surface area contributed by atoms with E-state index in [1.807, 2.05) is 0 Å². The largest absolute Gasteiger partial charge is 0.424 e. The fraction of sp³-hybridized carbons (Fsp3) is 0.100. The average molecular weight is 473 g/mol. The molecule has 34 heavy (non-hydrogen) atoms. The molecule has 3 aromatic heterocycles. The lowest BCUT2D eigenvalue weighted by Crippen LogP contribution is -2.35. The van der Waals surface area contributed by atoms with Crippen LogP contribution < -0.4 is 15.3 Å². The number of carbonyl (C=O) groups excluding carboxylic acids is 2. The van der Waals surface area contributed by atoms with Crippen molar-refractivity contribution in [3.8, 4) is 0 Å². The third-order valence-electron chi connectivity index (χ3n) is 4.20. The van der Waals surface area contributed by atoms with Crippen LogP contribution in [0.1, 0.15) is 21.7 Å². The van der Waals surface area contributed by atoms with Gasteiger partial charge in [-0.15, -0.1) is 0 Å². The van der Waals surface area contributed by atoms with Crippen molar-refractivity contribution in [2.75, 3.05) is 10.6 Å². The lowest BCUT2D eigenvalue weighted by Gasteiger charge is -2.17. The number of aromatic nitrogens is 4. The zero-order chi connectivity index (χ0) is 24.1. The molecule has 1 aromatic carbocycles. The van der Waals surface area contributed by atoms with E-state index in [0.29, 0.717) is 17.8 Å². The number of pyridine rings is 1. The van der Waals surface area contributed by atoms with Gasteiger partial charge in [0.05, 0.1) is 5.56 Å². The number of hydrogen-bond acceptors (Lipinski definition) is 7. The van der Waals surface area contributed by atoms with Crippen molar-refractivity contribution in [3.63, 3.8) is 0 Å². The predicted molar refractivity (Wildman–Crippen MR) is 108 cm³/mol. The Morgan fingerprint density at radius 2 is 1.88 bits per heavy atom. The highest BCUT2D eigenvalue weighted by atomic mass is 19.4. The van der Waals surface area contributed by atoms with E-state index in [9.17, 15) is 22.8 Å². The summed E-state index contributed by atoms with van der Waals surface area (Å²) < 4.78 is 50.8. The van der Waals surface area contributed by atoms with Gasteiger partial charge in [-0.05, 0) is 40.7 Å². The predicted octanol–water partition coefficient (Wildman–Crippen LogP) is 3.90. The van der Waals surface area contributed by atoms with E-state index in [1.54, 1.807) is 24.4 Å². The minimum atomic E-state index is -4.74. The van der Waals surface area contributed by atoms with Gasteiger partial charge in [0.15, 0.2) is 17.0 Å². The first-order valence-corrected chi connectivity index (χ1v) is 9.49. The summed E-state index contributed by atoms with van der Waals surface area (Å²) in [6, 6.07) is 8.06. The molecule has 0 aliphatic rings. The van der Waals surface area contributed by atoms with Crippen molar-refractivity contribution in [1.29, 1.82) is 0 Å². The van der Waals surface area contributed by atoms with Crippen LogP contribution in [0.2, 0.25) is 0 Å². The van der Waals surface area contributed by atoms with Gasteiger partial charge in [0.2, 0.25) is 18.6 Å². The monoisotopic (exact) mass is 473 g/mol. The molecule has 3 heterocycles. The second-order valence-electron chi connectivity index (χ2n) is 6.74. The van der Waals surface area contributed by atoms with E-state index in [0.717, 1.165) is 12.3 Å². The lowest BCUT2D eigenvalue weighted by atomic mass is 10.1. The van der Waals surface area contributed by atoms with E-state index in [-0.39, 0.29) is 29.5 Å². The Labute approximate surface area is 188 Å². The third kappa shape index (κ3) is 5.73. The van der Waals surface area contributed by atoms with Crippen LogP contribution in [0.5, 0.6) is 0 Å². The van der Waals surface area contributed by atoms with Gasteiger partial charge in [0.1, 0.15) is 12.0 Å². The van der Waals surface area contributed by atoms with E-state index in [2.05, 4.69) is 35.9 Å². The van der Waals surface area contributed by atoms with Crippen LogP contribution in [0.15, 0.2) is 70.2 Å². The Morgan fingerprint density at radius 1 is 1.09 bits per heavy atom. The number of rotatable bonds is 6. The quantitative estimate of drug-likeness (QED) is 0.405. The maximum atomic E-state index is 13.3. The number of hydrogen-bond donors (Lipinski definition) is 2. The summed E-state index contributed by atoms with van der Waals surface area (Å²) in [6.45, 7) is 0.254. The molecule has 0 aliphatic heterocycles. The van der Waals surface area contributed by atoms with Crippen LogP contribution in [-0.4, -0.2) is 27.4 Å². The van der Waals surface area contributed by atoms with Crippen molar-refractivity contribution < 1.29 is 36.5 Å².